The summed E-state index contributed by atoms with van der Waals surface area (Å²) in [7, 11) is -3.82. The average Bonchev–Trinajstić information content (AvgIpc) is 3.40. The Morgan fingerprint density at radius 2 is 2.03 bits per heavy atom. The second-order valence-corrected chi connectivity index (χ2v) is 9.98. The van der Waals surface area contributed by atoms with E-state index >= 15 is 0 Å². The number of rotatable bonds is 6. The SMILES string of the molecule is Cc1c(C(=O)OCC(=O)Nc2cccc(S(=O)(=O)NC3=NCCC3)c2)oc2ccc(Br)cc12. The number of fused-ring (bicyclic) bond motifs is 1. The van der Waals surface area contributed by atoms with E-state index in [1.165, 1.54) is 24.3 Å². The van der Waals surface area contributed by atoms with Crippen molar-refractivity contribution in [3.63, 3.8) is 0 Å². The fraction of sp³-hybridized carbons (Fsp3) is 0.227. The molecule has 1 aliphatic rings. The van der Waals surface area contributed by atoms with Crippen LogP contribution >= 0.6 is 15.9 Å². The van der Waals surface area contributed by atoms with Crippen molar-refractivity contribution in [1.29, 1.82) is 0 Å². The summed E-state index contributed by atoms with van der Waals surface area (Å²) in [5.41, 5.74) is 1.38. The number of carbonyl (C=O) groups excluding carboxylic acids is 2. The number of ether oxygens (including phenoxy) is 1. The number of amidine groups is 1. The molecule has 11 heteroatoms. The van der Waals surface area contributed by atoms with Crippen LogP contribution in [0.2, 0.25) is 0 Å². The minimum absolute atomic E-state index is 0.0176. The van der Waals surface area contributed by atoms with E-state index in [-0.39, 0.29) is 16.3 Å². The normalized spacial score (nSPS) is 13.6. The van der Waals surface area contributed by atoms with Gasteiger partial charge in [0.25, 0.3) is 15.9 Å². The number of nitrogens with one attached hydrogen (secondary N) is 2. The van der Waals surface area contributed by atoms with Gasteiger partial charge in [0, 0.05) is 34.1 Å². The summed E-state index contributed by atoms with van der Waals surface area (Å²) in [5.74, 6) is -0.954. The van der Waals surface area contributed by atoms with E-state index in [0.717, 1.165) is 16.3 Å². The zero-order chi connectivity index (χ0) is 23.6. The molecule has 1 aromatic heterocycles. The standard InChI is InChI=1S/C22H20BrN3O6S/c1-13-17-10-14(23)7-8-18(17)32-21(13)22(28)31-12-20(27)25-15-4-2-5-16(11-15)33(29,30)26-19-6-3-9-24-19/h2,4-5,7-8,10-11H,3,6,9,12H2,1H3,(H,24,26)(H,25,27). The summed E-state index contributed by atoms with van der Waals surface area (Å²) < 4.78 is 39.0. The van der Waals surface area contributed by atoms with Crippen LogP contribution in [0.3, 0.4) is 0 Å². The molecular weight excluding hydrogens is 514 g/mol. The van der Waals surface area contributed by atoms with Crippen LogP contribution in [0.25, 0.3) is 11.0 Å². The molecule has 1 aliphatic heterocycles. The van der Waals surface area contributed by atoms with Gasteiger partial charge in [-0.15, -0.1) is 0 Å². The number of aryl methyl sites for hydroxylation is 1. The van der Waals surface area contributed by atoms with Crippen LogP contribution in [-0.4, -0.2) is 39.3 Å². The molecule has 2 N–H and O–H groups in total. The number of anilines is 1. The Morgan fingerprint density at radius 3 is 2.79 bits per heavy atom. The summed E-state index contributed by atoms with van der Waals surface area (Å²) in [6.07, 6.45) is 1.38. The number of hydrogen-bond donors (Lipinski definition) is 2. The van der Waals surface area contributed by atoms with Crippen molar-refractivity contribution in [2.75, 3.05) is 18.5 Å². The number of hydrogen-bond acceptors (Lipinski definition) is 7. The number of aliphatic imine (C=N–C) groups is 1. The van der Waals surface area contributed by atoms with Gasteiger partial charge in [-0.3, -0.25) is 14.5 Å². The van der Waals surface area contributed by atoms with Crippen molar-refractivity contribution < 1.29 is 27.2 Å². The van der Waals surface area contributed by atoms with E-state index < -0.39 is 28.5 Å². The molecule has 2 heterocycles. The van der Waals surface area contributed by atoms with Gasteiger partial charge in [-0.2, -0.15) is 0 Å². The monoisotopic (exact) mass is 533 g/mol. The van der Waals surface area contributed by atoms with Crippen LogP contribution in [0.1, 0.15) is 29.0 Å². The lowest BCUT2D eigenvalue weighted by Crippen LogP contribution is -2.29. The van der Waals surface area contributed by atoms with E-state index in [4.69, 9.17) is 9.15 Å². The van der Waals surface area contributed by atoms with Gasteiger partial charge >= 0.3 is 5.97 Å². The fourth-order valence-corrected chi connectivity index (χ4v) is 4.86. The van der Waals surface area contributed by atoms with Gasteiger partial charge in [0.05, 0.1) is 4.90 Å². The first kappa shape index (κ1) is 23.0. The number of amides is 1. The van der Waals surface area contributed by atoms with Gasteiger partial charge in [-0.25, -0.2) is 13.2 Å². The second kappa shape index (κ2) is 9.36. The van der Waals surface area contributed by atoms with Gasteiger partial charge in [0.15, 0.2) is 6.61 Å². The topological polar surface area (TPSA) is 127 Å². The van der Waals surface area contributed by atoms with Crippen molar-refractivity contribution in [3.05, 3.63) is 58.3 Å². The first-order chi connectivity index (χ1) is 15.7. The zero-order valence-electron chi connectivity index (χ0n) is 17.6. The smallest absolute Gasteiger partial charge is 0.375 e. The lowest BCUT2D eigenvalue weighted by atomic mass is 10.1. The summed E-state index contributed by atoms with van der Waals surface area (Å²) >= 11 is 3.37. The van der Waals surface area contributed by atoms with Crippen LogP contribution in [0, 0.1) is 6.92 Å². The predicted molar refractivity (Wildman–Crippen MR) is 126 cm³/mol. The Bertz CT molecular complexity index is 1380. The number of halogens is 1. The van der Waals surface area contributed by atoms with E-state index in [1.807, 2.05) is 6.07 Å². The van der Waals surface area contributed by atoms with E-state index in [9.17, 15) is 18.0 Å². The number of furan rings is 1. The molecule has 2 aromatic carbocycles. The van der Waals surface area contributed by atoms with Crippen LogP contribution in [0.15, 0.2) is 61.2 Å². The Hall–Kier alpha value is -3.18. The fourth-order valence-electron chi connectivity index (χ4n) is 3.36. The van der Waals surface area contributed by atoms with Crippen LogP contribution in [0.5, 0.6) is 0 Å². The quantitative estimate of drug-likeness (QED) is 0.464. The molecule has 172 valence electrons. The molecular formula is C22H20BrN3O6S. The highest BCUT2D eigenvalue weighted by Crippen LogP contribution is 2.28. The van der Waals surface area contributed by atoms with Crippen LogP contribution in [0.4, 0.5) is 5.69 Å². The lowest BCUT2D eigenvalue weighted by Gasteiger charge is -2.10. The molecule has 0 saturated carbocycles. The molecule has 0 atom stereocenters. The summed E-state index contributed by atoms with van der Waals surface area (Å²) in [5, 5.41) is 3.29. The highest BCUT2D eigenvalue weighted by atomic mass is 79.9. The van der Waals surface area contributed by atoms with E-state index in [0.29, 0.717) is 29.9 Å². The third kappa shape index (κ3) is 5.25. The molecule has 0 aliphatic carbocycles. The molecule has 4 rings (SSSR count). The Morgan fingerprint density at radius 1 is 1.21 bits per heavy atom. The van der Waals surface area contributed by atoms with Gasteiger partial charge in [0.1, 0.15) is 11.4 Å². The molecule has 0 unspecified atom stereocenters. The van der Waals surface area contributed by atoms with Gasteiger partial charge in [0.2, 0.25) is 5.76 Å². The third-order valence-corrected chi connectivity index (χ3v) is 6.84. The van der Waals surface area contributed by atoms with Gasteiger partial charge in [-0.1, -0.05) is 22.0 Å². The number of nitrogens with zero attached hydrogens (tertiary/aromatic N) is 1. The molecule has 0 radical (unpaired) electrons. The third-order valence-electron chi connectivity index (χ3n) is 4.97. The zero-order valence-corrected chi connectivity index (χ0v) is 20.0. The predicted octanol–water partition coefficient (Wildman–Crippen LogP) is 3.77. The molecule has 1 amide bonds. The van der Waals surface area contributed by atoms with Crippen LogP contribution in [-0.2, 0) is 19.6 Å². The summed E-state index contributed by atoms with van der Waals surface area (Å²) in [6, 6.07) is 11.1. The minimum atomic E-state index is -3.82. The van der Waals surface area contributed by atoms with Crippen molar-refractivity contribution in [2.45, 2.75) is 24.7 Å². The Kier molecular flexibility index (Phi) is 6.52. The number of sulfonamides is 1. The molecule has 9 nitrogen and oxygen atoms in total. The minimum Gasteiger partial charge on any atom is -0.450 e. The molecule has 0 fully saturated rings. The molecule has 0 saturated heterocycles. The molecule has 33 heavy (non-hydrogen) atoms. The first-order valence-electron chi connectivity index (χ1n) is 10.0. The van der Waals surface area contributed by atoms with Crippen molar-refractivity contribution >= 4 is 60.3 Å². The second-order valence-electron chi connectivity index (χ2n) is 7.39. The van der Waals surface area contributed by atoms with E-state index in [1.54, 1.807) is 19.1 Å². The highest BCUT2D eigenvalue weighted by molar-refractivity contribution is 9.10. The first-order valence-corrected chi connectivity index (χ1v) is 12.3. The Labute approximate surface area is 198 Å². The summed E-state index contributed by atoms with van der Waals surface area (Å²) in [4.78, 5) is 28.8. The molecule has 0 bridgehead atoms. The van der Waals surface area contributed by atoms with Crippen molar-refractivity contribution in [1.82, 2.24) is 4.72 Å². The lowest BCUT2D eigenvalue weighted by molar-refractivity contribution is -0.119. The summed E-state index contributed by atoms with van der Waals surface area (Å²) in [6.45, 7) is 1.76. The number of benzene rings is 2. The largest absolute Gasteiger partial charge is 0.450 e. The average molecular weight is 534 g/mol. The highest BCUT2D eigenvalue weighted by Gasteiger charge is 2.21. The number of esters is 1. The van der Waals surface area contributed by atoms with Crippen LogP contribution < -0.4 is 10.0 Å². The van der Waals surface area contributed by atoms with Crippen molar-refractivity contribution in [2.24, 2.45) is 4.99 Å². The number of carbonyl (C=O) groups is 2. The maximum Gasteiger partial charge on any atom is 0.375 e. The Balaban J connectivity index is 1.39. The van der Waals surface area contributed by atoms with Crippen molar-refractivity contribution in [3.8, 4) is 0 Å². The van der Waals surface area contributed by atoms with Gasteiger partial charge in [-0.05, 0) is 49.7 Å². The van der Waals surface area contributed by atoms with E-state index in [2.05, 4.69) is 31.0 Å². The maximum absolute atomic E-state index is 12.5. The maximum atomic E-state index is 12.5. The molecule has 0 spiro atoms. The molecule has 3 aromatic rings. The van der Waals surface area contributed by atoms with Gasteiger partial charge < -0.3 is 14.5 Å².